The number of thiophene rings is 1. The maximum Gasteiger partial charge on any atom is 0.261 e. The third-order valence-corrected chi connectivity index (χ3v) is 5.80. The van der Waals surface area contributed by atoms with Gasteiger partial charge in [-0.3, -0.25) is 9.59 Å². The van der Waals surface area contributed by atoms with Crippen molar-refractivity contribution in [1.82, 2.24) is 16.0 Å². The minimum absolute atomic E-state index is 0. The van der Waals surface area contributed by atoms with E-state index in [1.165, 1.54) is 17.8 Å². The summed E-state index contributed by atoms with van der Waals surface area (Å²) in [4.78, 5) is 25.1. The van der Waals surface area contributed by atoms with Gasteiger partial charge in [-0.25, -0.2) is 0 Å². The van der Waals surface area contributed by atoms with Crippen LogP contribution in [0.4, 0.5) is 0 Å². The van der Waals surface area contributed by atoms with Crippen molar-refractivity contribution in [2.45, 2.75) is 25.7 Å². The Morgan fingerprint density at radius 2 is 2.13 bits per heavy atom. The molecule has 3 rings (SSSR count). The fourth-order valence-electron chi connectivity index (χ4n) is 3.71. The Hall–Kier alpha value is -1.11. The van der Waals surface area contributed by atoms with Crippen molar-refractivity contribution in [3.8, 4) is 0 Å². The van der Waals surface area contributed by atoms with Gasteiger partial charge in [0.05, 0.1) is 10.3 Å². The summed E-state index contributed by atoms with van der Waals surface area (Å²) >= 11 is 1.42. The highest BCUT2D eigenvalue weighted by Crippen LogP contribution is 2.43. The molecule has 3 N–H and O–H groups in total. The summed E-state index contributed by atoms with van der Waals surface area (Å²) in [6.07, 6.45) is 4.51. The maximum absolute atomic E-state index is 12.6. The molecule has 2 amide bonds. The lowest BCUT2D eigenvalue weighted by atomic mass is 9.67. The first kappa shape index (κ1) is 18.2. The van der Waals surface area contributed by atoms with E-state index >= 15 is 0 Å². The molecule has 5 nitrogen and oxygen atoms in total. The second kappa shape index (κ2) is 8.13. The molecule has 2 atom stereocenters. The lowest BCUT2D eigenvalue weighted by Gasteiger charge is -2.37. The number of nitrogens with one attached hydrogen (secondary N) is 3. The van der Waals surface area contributed by atoms with Gasteiger partial charge in [-0.15, -0.1) is 23.7 Å². The number of fused-ring (bicyclic) bond motifs is 1. The van der Waals surface area contributed by atoms with Gasteiger partial charge >= 0.3 is 0 Å². The van der Waals surface area contributed by atoms with Crippen LogP contribution in [0.25, 0.3) is 0 Å². The highest BCUT2D eigenvalue weighted by molar-refractivity contribution is 7.12. The number of amides is 2. The Labute approximate surface area is 147 Å². The van der Waals surface area contributed by atoms with E-state index in [-0.39, 0.29) is 29.6 Å². The highest BCUT2D eigenvalue weighted by atomic mass is 35.5. The number of carbonyl (C=O) groups is 2. The highest BCUT2D eigenvalue weighted by Gasteiger charge is 2.49. The third kappa shape index (κ3) is 3.87. The first-order valence-electron chi connectivity index (χ1n) is 8.03. The Bertz CT molecular complexity index is 537. The molecule has 1 saturated heterocycles. The minimum Gasteiger partial charge on any atom is -0.354 e. The predicted molar refractivity (Wildman–Crippen MR) is 94.2 cm³/mol. The Morgan fingerprint density at radius 1 is 1.30 bits per heavy atom. The molecular formula is C16H24ClN3O2S. The first-order chi connectivity index (χ1) is 10.7. The quantitative estimate of drug-likeness (QED) is 0.704. The van der Waals surface area contributed by atoms with E-state index < -0.39 is 0 Å². The molecule has 2 fully saturated rings. The minimum atomic E-state index is -0.212. The summed E-state index contributed by atoms with van der Waals surface area (Å²) in [7, 11) is 0. The third-order valence-electron chi connectivity index (χ3n) is 4.93. The molecular weight excluding hydrogens is 334 g/mol. The molecule has 23 heavy (non-hydrogen) atoms. The molecule has 1 aromatic rings. The largest absolute Gasteiger partial charge is 0.354 e. The van der Waals surface area contributed by atoms with Gasteiger partial charge in [0.25, 0.3) is 5.91 Å². The lowest BCUT2D eigenvalue weighted by Crippen LogP contribution is -2.49. The summed E-state index contributed by atoms with van der Waals surface area (Å²) in [6.45, 7) is 2.72. The molecule has 0 bridgehead atoms. The second-order valence-electron chi connectivity index (χ2n) is 6.22. The molecule has 1 aromatic heterocycles. The Morgan fingerprint density at radius 3 is 2.91 bits per heavy atom. The van der Waals surface area contributed by atoms with Crippen LogP contribution < -0.4 is 16.0 Å². The van der Waals surface area contributed by atoms with E-state index in [2.05, 4.69) is 16.0 Å². The average molecular weight is 358 g/mol. The SMILES string of the molecule is Cl.O=C(NCCNC(=O)[C@@]12CCCC[C@H]1CNC2)c1cccs1. The van der Waals surface area contributed by atoms with Crippen LogP contribution in [0.5, 0.6) is 0 Å². The van der Waals surface area contributed by atoms with Crippen molar-refractivity contribution in [2.75, 3.05) is 26.2 Å². The summed E-state index contributed by atoms with van der Waals surface area (Å²) in [5.41, 5.74) is -0.212. The van der Waals surface area contributed by atoms with Crippen molar-refractivity contribution in [2.24, 2.45) is 11.3 Å². The van der Waals surface area contributed by atoms with Crippen LogP contribution in [0.15, 0.2) is 17.5 Å². The van der Waals surface area contributed by atoms with Gasteiger partial charge in [0.1, 0.15) is 0 Å². The Kier molecular flexibility index (Phi) is 6.44. The van der Waals surface area contributed by atoms with E-state index in [4.69, 9.17) is 0 Å². The van der Waals surface area contributed by atoms with Crippen molar-refractivity contribution >= 4 is 35.6 Å². The molecule has 0 radical (unpaired) electrons. The van der Waals surface area contributed by atoms with Crippen LogP contribution in [0.2, 0.25) is 0 Å². The summed E-state index contributed by atoms with van der Waals surface area (Å²) in [5.74, 6) is 0.565. The fraction of sp³-hybridized carbons (Fsp3) is 0.625. The first-order valence-corrected chi connectivity index (χ1v) is 8.91. The van der Waals surface area contributed by atoms with Crippen molar-refractivity contribution < 1.29 is 9.59 Å². The summed E-state index contributed by atoms with van der Waals surface area (Å²) < 4.78 is 0. The normalized spacial score (nSPS) is 26.0. The van der Waals surface area contributed by atoms with Gasteiger partial charge in [-0.1, -0.05) is 18.9 Å². The molecule has 0 aromatic carbocycles. The Balaban J connectivity index is 0.00000192. The molecule has 7 heteroatoms. The standard InChI is InChI=1S/C16H23N3O2S.ClH/c20-14(13-5-3-9-22-13)18-7-8-19-15(21)16-6-2-1-4-12(16)10-17-11-16;/h3,5,9,12,17H,1-2,4,6-8,10-11H2,(H,18,20)(H,19,21);1H/t12-,16+;/m0./s1. The predicted octanol–water partition coefficient (Wildman–Crippen LogP) is 1.80. The molecule has 1 saturated carbocycles. The second-order valence-corrected chi connectivity index (χ2v) is 7.17. The van der Waals surface area contributed by atoms with Crippen LogP contribution in [-0.2, 0) is 4.79 Å². The van der Waals surface area contributed by atoms with Gasteiger partial charge in [-0.05, 0) is 36.8 Å². The van der Waals surface area contributed by atoms with Gasteiger partial charge in [0.2, 0.25) is 5.91 Å². The van der Waals surface area contributed by atoms with Crippen molar-refractivity contribution in [1.29, 1.82) is 0 Å². The van der Waals surface area contributed by atoms with Crippen molar-refractivity contribution in [3.63, 3.8) is 0 Å². The van der Waals surface area contributed by atoms with Gasteiger partial charge in [0.15, 0.2) is 0 Å². The molecule has 0 spiro atoms. The van der Waals surface area contributed by atoms with E-state index in [0.29, 0.717) is 23.9 Å². The van der Waals surface area contributed by atoms with Crippen LogP contribution in [0.1, 0.15) is 35.4 Å². The lowest BCUT2D eigenvalue weighted by molar-refractivity contribution is -0.133. The van der Waals surface area contributed by atoms with Gasteiger partial charge in [0, 0.05) is 19.6 Å². The molecule has 1 aliphatic carbocycles. The maximum atomic E-state index is 12.6. The van der Waals surface area contributed by atoms with E-state index in [1.807, 2.05) is 11.4 Å². The van der Waals surface area contributed by atoms with E-state index in [9.17, 15) is 9.59 Å². The summed E-state index contributed by atoms with van der Waals surface area (Å²) in [6, 6.07) is 3.66. The van der Waals surface area contributed by atoms with E-state index in [1.54, 1.807) is 6.07 Å². The summed E-state index contributed by atoms with van der Waals surface area (Å²) in [5, 5.41) is 11.1. The van der Waals surface area contributed by atoms with Gasteiger partial charge in [-0.2, -0.15) is 0 Å². The zero-order chi connectivity index (χ0) is 15.4. The molecule has 1 aliphatic heterocycles. The topological polar surface area (TPSA) is 70.2 Å². The number of rotatable bonds is 5. The number of hydrogen-bond acceptors (Lipinski definition) is 4. The average Bonchev–Trinajstić information content (AvgIpc) is 3.20. The zero-order valence-corrected chi connectivity index (χ0v) is 14.7. The molecule has 0 unspecified atom stereocenters. The number of halogens is 1. The molecule has 2 aliphatic rings. The molecule has 2 heterocycles. The van der Waals surface area contributed by atoms with Gasteiger partial charge < -0.3 is 16.0 Å². The van der Waals surface area contributed by atoms with Crippen LogP contribution in [0, 0.1) is 11.3 Å². The van der Waals surface area contributed by atoms with Crippen LogP contribution >= 0.6 is 23.7 Å². The number of carbonyl (C=O) groups excluding carboxylic acids is 2. The monoisotopic (exact) mass is 357 g/mol. The van der Waals surface area contributed by atoms with Crippen LogP contribution in [0.3, 0.4) is 0 Å². The van der Waals surface area contributed by atoms with E-state index in [0.717, 1.165) is 32.4 Å². The van der Waals surface area contributed by atoms with Crippen molar-refractivity contribution in [3.05, 3.63) is 22.4 Å². The fourth-order valence-corrected chi connectivity index (χ4v) is 4.35. The smallest absolute Gasteiger partial charge is 0.261 e. The number of hydrogen-bond donors (Lipinski definition) is 3. The zero-order valence-electron chi connectivity index (χ0n) is 13.1. The van der Waals surface area contributed by atoms with Crippen LogP contribution in [-0.4, -0.2) is 38.0 Å². The molecule has 128 valence electrons.